The number of pyridine rings is 1. The number of rotatable bonds is 4. The Morgan fingerprint density at radius 1 is 1.18 bits per heavy atom. The highest BCUT2D eigenvalue weighted by Crippen LogP contribution is 2.42. The first kappa shape index (κ1) is 22.7. The van der Waals surface area contributed by atoms with Crippen molar-refractivity contribution in [1.29, 1.82) is 0 Å². The maximum absolute atomic E-state index is 11.6. The van der Waals surface area contributed by atoms with Crippen LogP contribution < -0.4 is 4.74 Å². The van der Waals surface area contributed by atoms with E-state index in [2.05, 4.69) is 18.2 Å². The standard InChI is InChI=1S/C24H19NO3.C4H10O/c1-14-12-16-4-2-3-5-17(16)23(19(14)13-21(26)27)18-6-7-20-22-15(9-11-28-20)8-10-25-24(18)22;1-3-4(2)5/h2-8,10,12H,9,11,13H2,1H3,(H,26,27);4-5H,3H2,1-2H3. The number of aliphatic hydroxyl groups excluding tert-OH is 1. The third kappa shape index (κ3) is 4.55. The minimum absolute atomic E-state index is 0.0224. The molecule has 0 radical (unpaired) electrons. The fourth-order valence-corrected chi connectivity index (χ4v) is 4.32. The molecule has 2 heterocycles. The normalized spacial score (nSPS) is 13.2. The van der Waals surface area contributed by atoms with Gasteiger partial charge in [-0.1, -0.05) is 37.3 Å². The predicted molar refractivity (Wildman–Crippen MR) is 132 cm³/mol. The number of hydrogen-bond donors (Lipinski definition) is 2. The summed E-state index contributed by atoms with van der Waals surface area (Å²) in [4.78, 5) is 16.3. The zero-order valence-corrected chi connectivity index (χ0v) is 19.3. The molecule has 0 aliphatic carbocycles. The van der Waals surface area contributed by atoms with E-state index in [1.54, 1.807) is 6.92 Å². The number of carboxylic acid groups (broad SMARTS) is 1. The molecule has 0 spiro atoms. The summed E-state index contributed by atoms with van der Waals surface area (Å²) in [6.45, 7) is 6.38. The Kier molecular flexibility index (Phi) is 6.61. The highest BCUT2D eigenvalue weighted by molar-refractivity contribution is 6.08. The fourth-order valence-electron chi connectivity index (χ4n) is 4.32. The molecule has 1 aromatic heterocycles. The summed E-state index contributed by atoms with van der Waals surface area (Å²) in [5, 5.41) is 21.1. The summed E-state index contributed by atoms with van der Waals surface area (Å²) in [5.74, 6) is 0.0171. The van der Waals surface area contributed by atoms with Gasteiger partial charge in [0.1, 0.15) is 5.75 Å². The lowest BCUT2D eigenvalue weighted by Gasteiger charge is -2.21. The van der Waals surface area contributed by atoms with Gasteiger partial charge >= 0.3 is 5.97 Å². The summed E-state index contributed by atoms with van der Waals surface area (Å²) in [6, 6.07) is 16.2. The van der Waals surface area contributed by atoms with E-state index in [1.807, 2.05) is 50.4 Å². The minimum atomic E-state index is -0.835. The molecule has 33 heavy (non-hydrogen) atoms. The first-order chi connectivity index (χ1) is 15.9. The van der Waals surface area contributed by atoms with Crippen molar-refractivity contribution in [2.24, 2.45) is 0 Å². The SMILES string of the molecule is CCC(C)O.Cc1cc2ccccc2c(-c2ccc3c4c(ccnc24)CCO3)c1CC(=O)O. The Morgan fingerprint density at radius 2 is 1.94 bits per heavy atom. The number of aryl methyl sites for hydroxylation is 1. The second-order valence-electron chi connectivity index (χ2n) is 8.50. The zero-order chi connectivity index (χ0) is 23.5. The first-order valence-electron chi connectivity index (χ1n) is 11.4. The number of carboxylic acids is 1. The van der Waals surface area contributed by atoms with Gasteiger partial charge in [0, 0.05) is 23.6 Å². The van der Waals surface area contributed by atoms with Gasteiger partial charge in [0.2, 0.25) is 0 Å². The van der Waals surface area contributed by atoms with Crippen LogP contribution in [-0.2, 0) is 17.6 Å². The Balaban J connectivity index is 0.000000471. The molecular weight excluding hydrogens is 414 g/mol. The molecule has 0 saturated carbocycles. The third-order valence-electron chi connectivity index (χ3n) is 6.14. The van der Waals surface area contributed by atoms with Crippen LogP contribution in [-0.4, -0.2) is 33.9 Å². The number of ether oxygens (including phenoxy) is 1. The van der Waals surface area contributed by atoms with Crippen LogP contribution in [0.3, 0.4) is 0 Å². The van der Waals surface area contributed by atoms with Gasteiger partial charge in [-0.05, 0) is 71.5 Å². The molecule has 1 unspecified atom stereocenters. The molecule has 0 bridgehead atoms. The zero-order valence-electron chi connectivity index (χ0n) is 19.3. The summed E-state index contributed by atoms with van der Waals surface area (Å²) in [6.07, 6.45) is 3.41. The predicted octanol–water partition coefficient (Wildman–Crippen LogP) is 5.70. The van der Waals surface area contributed by atoms with E-state index in [0.29, 0.717) is 6.61 Å². The van der Waals surface area contributed by atoms with E-state index in [-0.39, 0.29) is 12.5 Å². The lowest BCUT2D eigenvalue weighted by Crippen LogP contribution is -2.10. The van der Waals surface area contributed by atoms with Gasteiger partial charge in [-0.15, -0.1) is 0 Å². The van der Waals surface area contributed by atoms with E-state index >= 15 is 0 Å². The monoisotopic (exact) mass is 443 g/mol. The topological polar surface area (TPSA) is 79.7 Å². The average molecular weight is 444 g/mol. The number of aromatic nitrogens is 1. The van der Waals surface area contributed by atoms with Gasteiger partial charge < -0.3 is 14.9 Å². The number of nitrogens with zero attached hydrogens (tertiary/aromatic N) is 1. The molecule has 0 saturated heterocycles. The highest BCUT2D eigenvalue weighted by Gasteiger charge is 2.21. The summed E-state index contributed by atoms with van der Waals surface area (Å²) >= 11 is 0. The molecule has 4 aromatic rings. The van der Waals surface area contributed by atoms with Gasteiger partial charge in [-0.3, -0.25) is 9.78 Å². The first-order valence-corrected chi connectivity index (χ1v) is 11.4. The molecule has 0 amide bonds. The van der Waals surface area contributed by atoms with Gasteiger partial charge in [0.05, 0.1) is 24.6 Å². The van der Waals surface area contributed by atoms with Crippen molar-refractivity contribution in [1.82, 2.24) is 4.98 Å². The van der Waals surface area contributed by atoms with E-state index in [0.717, 1.165) is 62.5 Å². The number of benzene rings is 3. The second-order valence-corrected chi connectivity index (χ2v) is 8.50. The van der Waals surface area contributed by atoms with Gasteiger partial charge in [0.15, 0.2) is 0 Å². The largest absolute Gasteiger partial charge is 0.493 e. The number of aliphatic hydroxyl groups is 1. The van der Waals surface area contributed by atoms with Crippen LogP contribution in [0.4, 0.5) is 0 Å². The lowest BCUT2D eigenvalue weighted by atomic mass is 9.87. The van der Waals surface area contributed by atoms with E-state index in [4.69, 9.17) is 14.8 Å². The average Bonchev–Trinajstić information content (AvgIpc) is 2.81. The third-order valence-corrected chi connectivity index (χ3v) is 6.14. The van der Waals surface area contributed by atoms with E-state index in [1.165, 1.54) is 5.56 Å². The Hall–Kier alpha value is -3.44. The van der Waals surface area contributed by atoms with Crippen LogP contribution in [0.1, 0.15) is 37.0 Å². The summed E-state index contributed by atoms with van der Waals surface area (Å²) in [5.41, 5.74) is 5.84. The van der Waals surface area contributed by atoms with Crippen molar-refractivity contribution in [2.45, 2.75) is 46.1 Å². The lowest BCUT2D eigenvalue weighted by molar-refractivity contribution is -0.136. The van der Waals surface area contributed by atoms with Crippen molar-refractivity contribution in [3.63, 3.8) is 0 Å². The molecule has 5 nitrogen and oxygen atoms in total. The van der Waals surface area contributed by atoms with Crippen molar-refractivity contribution < 1.29 is 19.7 Å². The molecule has 2 N–H and O–H groups in total. The van der Waals surface area contributed by atoms with Gasteiger partial charge in [-0.2, -0.15) is 0 Å². The van der Waals surface area contributed by atoms with Crippen LogP contribution in [0.25, 0.3) is 32.8 Å². The molecule has 1 atom stereocenters. The molecule has 1 aliphatic rings. The van der Waals surface area contributed by atoms with Crippen molar-refractivity contribution in [3.05, 3.63) is 71.4 Å². The van der Waals surface area contributed by atoms with Crippen LogP contribution in [0.2, 0.25) is 0 Å². The van der Waals surface area contributed by atoms with Gasteiger partial charge in [0.25, 0.3) is 0 Å². The number of carbonyl (C=O) groups is 1. The summed E-state index contributed by atoms with van der Waals surface area (Å²) < 4.78 is 5.86. The number of aliphatic carboxylic acids is 1. The smallest absolute Gasteiger partial charge is 0.307 e. The highest BCUT2D eigenvalue weighted by atomic mass is 16.5. The Morgan fingerprint density at radius 3 is 2.67 bits per heavy atom. The van der Waals surface area contributed by atoms with Crippen LogP contribution >= 0.6 is 0 Å². The van der Waals surface area contributed by atoms with E-state index in [9.17, 15) is 9.90 Å². The second kappa shape index (κ2) is 9.59. The molecule has 1 aliphatic heterocycles. The molecule has 170 valence electrons. The van der Waals surface area contributed by atoms with Crippen LogP contribution in [0.15, 0.2) is 54.7 Å². The molecule has 5 heteroatoms. The molecular formula is C28H29NO4. The summed E-state index contributed by atoms with van der Waals surface area (Å²) in [7, 11) is 0. The van der Waals surface area contributed by atoms with Crippen LogP contribution in [0, 0.1) is 6.92 Å². The van der Waals surface area contributed by atoms with Crippen molar-refractivity contribution in [2.75, 3.05) is 6.61 Å². The van der Waals surface area contributed by atoms with Crippen molar-refractivity contribution in [3.8, 4) is 16.9 Å². The quantitative estimate of drug-likeness (QED) is 0.423. The Labute approximate surface area is 193 Å². The van der Waals surface area contributed by atoms with Gasteiger partial charge in [-0.25, -0.2) is 0 Å². The van der Waals surface area contributed by atoms with E-state index < -0.39 is 5.97 Å². The maximum Gasteiger partial charge on any atom is 0.307 e. The Bertz CT molecular complexity index is 1320. The minimum Gasteiger partial charge on any atom is -0.493 e. The fraction of sp³-hybridized carbons (Fsp3) is 0.286. The molecule has 0 fully saturated rings. The number of hydrogen-bond acceptors (Lipinski definition) is 4. The number of fused-ring (bicyclic) bond motifs is 1. The maximum atomic E-state index is 11.6. The van der Waals surface area contributed by atoms with Crippen LogP contribution in [0.5, 0.6) is 5.75 Å². The molecule has 3 aromatic carbocycles. The van der Waals surface area contributed by atoms with Crippen molar-refractivity contribution >= 4 is 27.6 Å². The molecule has 5 rings (SSSR count).